The van der Waals surface area contributed by atoms with Gasteiger partial charge in [0, 0.05) is 19.5 Å². The molecule has 10 heteroatoms. The van der Waals surface area contributed by atoms with Crippen LogP contribution in [-0.2, 0) is 17.9 Å². The van der Waals surface area contributed by atoms with E-state index in [2.05, 4.69) is 10.3 Å². The average Bonchev–Trinajstić information content (AvgIpc) is 3.34. The van der Waals surface area contributed by atoms with Gasteiger partial charge in [-0.15, -0.1) is 0 Å². The number of nitrogens with zero attached hydrogens (tertiary/aromatic N) is 2. The number of hydrogen-bond acceptors (Lipinski definition) is 6. The van der Waals surface area contributed by atoms with Gasteiger partial charge in [0.2, 0.25) is 5.91 Å². The van der Waals surface area contributed by atoms with E-state index in [-0.39, 0.29) is 36.8 Å². The molecule has 0 radical (unpaired) electrons. The Labute approximate surface area is 190 Å². The molecule has 10 nitrogen and oxygen atoms in total. The number of hydrogen-bond donors (Lipinski definition) is 3. The molecule has 0 saturated carbocycles. The van der Waals surface area contributed by atoms with Gasteiger partial charge in [-0.2, -0.15) is 0 Å². The highest BCUT2D eigenvalue weighted by molar-refractivity contribution is 5.96. The lowest BCUT2D eigenvalue weighted by Gasteiger charge is -2.25. The fourth-order valence-electron chi connectivity index (χ4n) is 3.35. The Kier molecular flexibility index (Phi) is 7.85. The lowest BCUT2D eigenvalue weighted by Crippen LogP contribution is -2.41. The van der Waals surface area contributed by atoms with Gasteiger partial charge in [-0.05, 0) is 24.1 Å². The maximum Gasteiger partial charge on any atom is 0.330 e. The van der Waals surface area contributed by atoms with E-state index in [1.807, 2.05) is 37.3 Å². The SMILES string of the molecule is CCCCn1c(N)c(N(Cc2ccccc2)C(=O)CCNC(=O)c2ccco2)c(=O)[nH]c1=O. The average molecular weight is 453 g/mol. The molecule has 2 aromatic heterocycles. The summed E-state index contributed by atoms with van der Waals surface area (Å²) in [6, 6.07) is 12.2. The summed E-state index contributed by atoms with van der Waals surface area (Å²) >= 11 is 0. The molecular weight excluding hydrogens is 426 g/mol. The largest absolute Gasteiger partial charge is 0.459 e. The molecule has 174 valence electrons. The van der Waals surface area contributed by atoms with Crippen molar-refractivity contribution in [3.05, 3.63) is 80.9 Å². The number of anilines is 2. The first-order chi connectivity index (χ1) is 15.9. The number of aromatic amines is 1. The Hall–Kier alpha value is -4.08. The third-order valence-corrected chi connectivity index (χ3v) is 5.07. The van der Waals surface area contributed by atoms with Gasteiger partial charge in [-0.3, -0.25) is 23.9 Å². The normalized spacial score (nSPS) is 10.7. The van der Waals surface area contributed by atoms with Crippen molar-refractivity contribution in [1.29, 1.82) is 0 Å². The van der Waals surface area contributed by atoms with E-state index in [1.165, 1.54) is 21.8 Å². The van der Waals surface area contributed by atoms with E-state index in [9.17, 15) is 19.2 Å². The summed E-state index contributed by atoms with van der Waals surface area (Å²) in [5, 5.41) is 2.61. The van der Waals surface area contributed by atoms with Gasteiger partial charge in [0.1, 0.15) is 5.82 Å². The van der Waals surface area contributed by atoms with Crippen molar-refractivity contribution >= 4 is 23.3 Å². The molecule has 0 aliphatic rings. The van der Waals surface area contributed by atoms with E-state index < -0.39 is 23.1 Å². The second kappa shape index (κ2) is 11.0. The number of aromatic nitrogens is 2. The Bertz CT molecular complexity index is 1200. The van der Waals surface area contributed by atoms with Gasteiger partial charge >= 0.3 is 5.69 Å². The van der Waals surface area contributed by atoms with E-state index in [4.69, 9.17) is 10.2 Å². The number of unbranched alkanes of at least 4 members (excludes halogenated alkanes) is 1. The van der Waals surface area contributed by atoms with Crippen molar-refractivity contribution in [3.8, 4) is 0 Å². The van der Waals surface area contributed by atoms with Crippen LogP contribution in [0.15, 0.2) is 62.7 Å². The predicted octanol–water partition coefficient (Wildman–Crippen LogP) is 1.87. The molecule has 3 aromatic rings. The summed E-state index contributed by atoms with van der Waals surface area (Å²) in [6.45, 7) is 2.38. The number of nitrogen functional groups attached to an aromatic ring is 1. The van der Waals surface area contributed by atoms with Crippen LogP contribution in [0, 0.1) is 0 Å². The van der Waals surface area contributed by atoms with Crippen LogP contribution in [0.2, 0.25) is 0 Å². The maximum atomic E-state index is 13.2. The van der Waals surface area contributed by atoms with Crippen LogP contribution in [0.5, 0.6) is 0 Å². The van der Waals surface area contributed by atoms with E-state index >= 15 is 0 Å². The molecule has 4 N–H and O–H groups in total. The van der Waals surface area contributed by atoms with Crippen molar-refractivity contribution < 1.29 is 14.0 Å². The highest BCUT2D eigenvalue weighted by Crippen LogP contribution is 2.21. The van der Waals surface area contributed by atoms with Crippen molar-refractivity contribution in [1.82, 2.24) is 14.9 Å². The van der Waals surface area contributed by atoms with Crippen LogP contribution in [-0.4, -0.2) is 27.9 Å². The number of furan rings is 1. The highest BCUT2D eigenvalue weighted by atomic mass is 16.3. The first-order valence-corrected chi connectivity index (χ1v) is 10.7. The van der Waals surface area contributed by atoms with E-state index in [0.717, 1.165) is 12.0 Å². The van der Waals surface area contributed by atoms with Gasteiger partial charge in [0.05, 0.1) is 12.8 Å². The molecule has 1 aromatic carbocycles. The highest BCUT2D eigenvalue weighted by Gasteiger charge is 2.24. The minimum absolute atomic E-state index is 0.0247. The number of carbonyl (C=O) groups excluding carboxylic acids is 2. The number of H-pyrrole nitrogens is 1. The summed E-state index contributed by atoms with van der Waals surface area (Å²) in [6.07, 6.45) is 2.79. The van der Waals surface area contributed by atoms with Crippen LogP contribution in [0.3, 0.4) is 0 Å². The van der Waals surface area contributed by atoms with Crippen LogP contribution in [0.1, 0.15) is 42.3 Å². The number of nitrogens with one attached hydrogen (secondary N) is 2. The molecule has 0 aliphatic carbocycles. The number of carbonyl (C=O) groups is 2. The summed E-state index contributed by atoms with van der Waals surface area (Å²) in [5.74, 6) is -0.822. The zero-order chi connectivity index (χ0) is 23.8. The summed E-state index contributed by atoms with van der Waals surface area (Å²) in [7, 11) is 0. The molecule has 0 unspecified atom stereocenters. The number of amides is 2. The van der Waals surface area contributed by atoms with Crippen LogP contribution in [0.4, 0.5) is 11.5 Å². The Morgan fingerprint density at radius 3 is 2.58 bits per heavy atom. The zero-order valence-electron chi connectivity index (χ0n) is 18.4. The van der Waals surface area contributed by atoms with Crippen molar-refractivity contribution in [2.24, 2.45) is 0 Å². The third-order valence-electron chi connectivity index (χ3n) is 5.07. The minimum Gasteiger partial charge on any atom is -0.459 e. The minimum atomic E-state index is -0.742. The molecule has 0 saturated heterocycles. The summed E-state index contributed by atoms with van der Waals surface area (Å²) in [4.78, 5) is 53.8. The smallest absolute Gasteiger partial charge is 0.330 e. The summed E-state index contributed by atoms with van der Waals surface area (Å²) < 4.78 is 6.30. The maximum absolute atomic E-state index is 13.2. The van der Waals surface area contributed by atoms with Crippen molar-refractivity contribution in [3.63, 3.8) is 0 Å². The quantitative estimate of drug-likeness (QED) is 0.428. The zero-order valence-corrected chi connectivity index (χ0v) is 18.4. The van der Waals surface area contributed by atoms with Gasteiger partial charge in [-0.25, -0.2) is 4.79 Å². The molecule has 33 heavy (non-hydrogen) atoms. The van der Waals surface area contributed by atoms with Gasteiger partial charge < -0.3 is 20.4 Å². The van der Waals surface area contributed by atoms with Gasteiger partial charge in [0.25, 0.3) is 11.5 Å². The third kappa shape index (κ3) is 5.79. The first-order valence-electron chi connectivity index (χ1n) is 10.7. The summed E-state index contributed by atoms with van der Waals surface area (Å²) in [5.41, 5.74) is 5.55. The lowest BCUT2D eigenvalue weighted by molar-refractivity contribution is -0.118. The molecule has 0 spiro atoms. The lowest BCUT2D eigenvalue weighted by atomic mass is 10.2. The Morgan fingerprint density at radius 1 is 1.15 bits per heavy atom. The number of rotatable bonds is 10. The molecule has 0 aliphatic heterocycles. The van der Waals surface area contributed by atoms with E-state index in [0.29, 0.717) is 13.0 Å². The fourth-order valence-corrected chi connectivity index (χ4v) is 3.35. The fraction of sp³-hybridized carbons (Fsp3) is 0.304. The molecule has 0 bridgehead atoms. The molecule has 3 rings (SSSR count). The van der Waals surface area contributed by atoms with Crippen LogP contribution < -0.4 is 27.2 Å². The topological polar surface area (TPSA) is 143 Å². The van der Waals surface area contributed by atoms with Crippen molar-refractivity contribution in [2.45, 2.75) is 39.3 Å². The number of benzene rings is 1. The predicted molar refractivity (Wildman–Crippen MR) is 124 cm³/mol. The Morgan fingerprint density at radius 2 is 1.91 bits per heavy atom. The first kappa shape index (κ1) is 23.6. The molecule has 2 amide bonds. The van der Waals surface area contributed by atoms with Crippen LogP contribution >= 0.6 is 0 Å². The molecular formula is C23H27N5O5. The second-order valence-electron chi connectivity index (χ2n) is 7.45. The number of nitrogens with two attached hydrogens (primary N) is 1. The molecule has 2 heterocycles. The molecule has 0 fully saturated rings. The second-order valence-corrected chi connectivity index (χ2v) is 7.45. The van der Waals surface area contributed by atoms with Crippen molar-refractivity contribution in [2.75, 3.05) is 17.2 Å². The van der Waals surface area contributed by atoms with E-state index in [1.54, 1.807) is 6.07 Å². The molecule has 0 atom stereocenters. The Balaban J connectivity index is 1.88. The standard InChI is InChI=1S/C23H27N5O5/c1-2-3-13-27-20(24)19(22(31)26-23(27)32)28(15-16-8-5-4-6-9-16)18(29)11-12-25-21(30)17-10-7-14-33-17/h4-10,14H,2-3,11-13,15,24H2,1H3,(H,25,30)(H,26,31,32). The van der Waals surface area contributed by atoms with Gasteiger partial charge in [0.15, 0.2) is 11.4 Å². The van der Waals surface area contributed by atoms with Gasteiger partial charge in [-0.1, -0.05) is 43.7 Å². The van der Waals surface area contributed by atoms with Crippen LogP contribution in [0.25, 0.3) is 0 Å². The monoisotopic (exact) mass is 453 g/mol.